The molecule has 7 heteroatoms. The van der Waals surface area contributed by atoms with Gasteiger partial charge in [0.05, 0.1) is 24.2 Å². The number of imidazole rings is 1. The molecule has 24 heavy (non-hydrogen) atoms. The fourth-order valence-corrected chi connectivity index (χ4v) is 3.16. The smallest absolute Gasteiger partial charge is 0.147 e. The van der Waals surface area contributed by atoms with Crippen molar-refractivity contribution in [2.45, 2.75) is 12.6 Å². The molecular weight excluding hydrogens is 304 g/mol. The number of aryl methyl sites for hydroxylation is 1. The Morgan fingerprint density at radius 2 is 2.08 bits per heavy atom. The second-order valence-electron chi connectivity index (χ2n) is 6.00. The van der Waals surface area contributed by atoms with Gasteiger partial charge in [0, 0.05) is 32.5 Å². The van der Waals surface area contributed by atoms with Gasteiger partial charge in [-0.1, -0.05) is 12.1 Å². The molecule has 2 N–H and O–H groups in total. The van der Waals surface area contributed by atoms with Crippen LogP contribution >= 0.6 is 0 Å². The fourth-order valence-electron chi connectivity index (χ4n) is 3.16. The van der Waals surface area contributed by atoms with E-state index < -0.39 is 0 Å². The Morgan fingerprint density at radius 1 is 1.25 bits per heavy atom. The Bertz CT molecular complexity index is 861. The standard InChI is InChI=1S/C17H20N6O/c1-22-13-5-3-2-4-12(13)21-15(22)11-23-8-9-24-14(10-23)16-17(18)20-7-6-19-16/h2-7,14H,8-11H2,1H3,(H2,18,20)/t14-/m1/s1. The van der Waals surface area contributed by atoms with Crippen LogP contribution in [0.25, 0.3) is 11.0 Å². The first-order valence-corrected chi connectivity index (χ1v) is 8.03. The molecule has 1 aromatic carbocycles. The van der Waals surface area contributed by atoms with E-state index in [1.165, 1.54) is 0 Å². The molecule has 0 amide bonds. The van der Waals surface area contributed by atoms with Crippen molar-refractivity contribution in [2.75, 3.05) is 25.4 Å². The lowest BCUT2D eigenvalue weighted by Gasteiger charge is -2.32. The Hall–Kier alpha value is -2.51. The van der Waals surface area contributed by atoms with Crippen LogP contribution in [0.1, 0.15) is 17.6 Å². The van der Waals surface area contributed by atoms with Gasteiger partial charge >= 0.3 is 0 Å². The van der Waals surface area contributed by atoms with Gasteiger partial charge in [-0.25, -0.2) is 9.97 Å². The zero-order valence-electron chi connectivity index (χ0n) is 13.6. The van der Waals surface area contributed by atoms with Crippen molar-refractivity contribution >= 4 is 16.9 Å². The van der Waals surface area contributed by atoms with E-state index in [0.717, 1.165) is 36.5 Å². The van der Waals surface area contributed by atoms with Crippen LogP contribution in [-0.2, 0) is 18.3 Å². The third-order valence-corrected chi connectivity index (χ3v) is 4.46. The first-order chi connectivity index (χ1) is 11.7. The average Bonchev–Trinajstić information content (AvgIpc) is 2.92. The molecule has 0 bridgehead atoms. The highest BCUT2D eigenvalue weighted by Crippen LogP contribution is 2.25. The van der Waals surface area contributed by atoms with E-state index >= 15 is 0 Å². The molecule has 1 atom stereocenters. The van der Waals surface area contributed by atoms with Crippen molar-refractivity contribution < 1.29 is 4.74 Å². The molecule has 0 unspecified atom stereocenters. The van der Waals surface area contributed by atoms with Gasteiger partial charge in [0.15, 0.2) is 0 Å². The molecule has 2 aromatic heterocycles. The minimum Gasteiger partial charge on any atom is -0.382 e. The number of anilines is 1. The maximum absolute atomic E-state index is 5.94. The lowest BCUT2D eigenvalue weighted by atomic mass is 10.2. The number of benzene rings is 1. The number of nitrogen functional groups attached to an aromatic ring is 1. The van der Waals surface area contributed by atoms with Crippen molar-refractivity contribution in [1.82, 2.24) is 24.4 Å². The van der Waals surface area contributed by atoms with E-state index in [9.17, 15) is 0 Å². The summed E-state index contributed by atoms with van der Waals surface area (Å²) in [4.78, 5) is 15.5. The summed E-state index contributed by atoms with van der Waals surface area (Å²) in [5, 5.41) is 0. The van der Waals surface area contributed by atoms with Crippen LogP contribution in [0.5, 0.6) is 0 Å². The summed E-state index contributed by atoms with van der Waals surface area (Å²) in [5.74, 6) is 1.48. The number of hydrogen-bond donors (Lipinski definition) is 1. The summed E-state index contributed by atoms with van der Waals surface area (Å²) in [6.07, 6.45) is 3.10. The van der Waals surface area contributed by atoms with E-state index in [-0.39, 0.29) is 6.10 Å². The molecule has 0 saturated carbocycles. The second-order valence-corrected chi connectivity index (χ2v) is 6.00. The maximum atomic E-state index is 5.94. The number of morpholine rings is 1. The number of hydrogen-bond acceptors (Lipinski definition) is 6. The highest BCUT2D eigenvalue weighted by Gasteiger charge is 2.26. The van der Waals surface area contributed by atoms with Gasteiger partial charge in [-0.2, -0.15) is 0 Å². The van der Waals surface area contributed by atoms with Gasteiger partial charge in [0.1, 0.15) is 23.4 Å². The molecular formula is C17H20N6O. The molecule has 1 aliphatic heterocycles. The molecule has 0 radical (unpaired) electrons. The van der Waals surface area contributed by atoms with Gasteiger partial charge in [-0.3, -0.25) is 9.88 Å². The van der Waals surface area contributed by atoms with E-state index in [4.69, 9.17) is 15.5 Å². The Balaban J connectivity index is 1.54. The molecule has 124 valence electrons. The number of para-hydroxylation sites is 2. The Morgan fingerprint density at radius 3 is 2.92 bits per heavy atom. The quantitative estimate of drug-likeness (QED) is 0.786. The molecule has 0 spiro atoms. The third-order valence-electron chi connectivity index (χ3n) is 4.46. The van der Waals surface area contributed by atoms with Gasteiger partial charge < -0.3 is 15.0 Å². The monoisotopic (exact) mass is 324 g/mol. The summed E-state index contributed by atoms with van der Waals surface area (Å²) in [6, 6.07) is 8.19. The Kier molecular flexibility index (Phi) is 3.87. The van der Waals surface area contributed by atoms with Crippen LogP contribution in [0.2, 0.25) is 0 Å². The predicted molar refractivity (Wildman–Crippen MR) is 91.1 cm³/mol. The molecule has 1 saturated heterocycles. The number of ether oxygens (including phenoxy) is 1. The molecule has 7 nitrogen and oxygen atoms in total. The Labute approximate surface area is 140 Å². The van der Waals surface area contributed by atoms with Crippen molar-refractivity contribution in [3.05, 3.63) is 48.2 Å². The number of aromatic nitrogens is 4. The third kappa shape index (κ3) is 2.72. The van der Waals surface area contributed by atoms with E-state index in [1.807, 2.05) is 18.2 Å². The molecule has 4 rings (SSSR count). The normalized spacial score (nSPS) is 19.0. The predicted octanol–water partition coefficient (Wildman–Crippen LogP) is 1.52. The van der Waals surface area contributed by atoms with E-state index in [2.05, 4.69) is 32.5 Å². The fraction of sp³-hybridized carbons (Fsp3) is 0.353. The SMILES string of the molecule is Cn1c(CN2CCO[C@@H](c3nccnc3N)C2)nc2ccccc21. The minimum absolute atomic E-state index is 0.151. The highest BCUT2D eigenvalue weighted by molar-refractivity contribution is 5.75. The van der Waals surface area contributed by atoms with Crippen molar-refractivity contribution in [3.63, 3.8) is 0 Å². The van der Waals surface area contributed by atoms with Crippen LogP contribution in [0.4, 0.5) is 5.82 Å². The van der Waals surface area contributed by atoms with Gasteiger partial charge in [0.25, 0.3) is 0 Å². The number of rotatable bonds is 3. The second kappa shape index (κ2) is 6.18. The van der Waals surface area contributed by atoms with Crippen LogP contribution in [0.3, 0.4) is 0 Å². The zero-order chi connectivity index (χ0) is 16.5. The number of fused-ring (bicyclic) bond motifs is 1. The summed E-state index contributed by atoms with van der Waals surface area (Å²) in [7, 11) is 2.06. The first kappa shape index (κ1) is 15.0. The summed E-state index contributed by atoms with van der Waals surface area (Å²) >= 11 is 0. The maximum Gasteiger partial charge on any atom is 0.147 e. The average molecular weight is 324 g/mol. The summed E-state index contributed by atoms with van der Waals surface area (Å²) in [6.45, 7) is 3.00. The topological polar surface area (TPSA) is 82.1 Å². The van der Waals surface area contributed by atoms with Crippen molar-refractivity contribution in [3.8, 4) is 0 Å². The van der Waals surface area contributed by atoms with Crippen molar-refractivity contribution in [2.24, 2.45) is 7.05 Å². The van der Waals surface area contributed by atoms with Gasteiger partial charge in [-0.15, -0.1) is 0 Å². The van der Waals surface area contributed by atoms with Crippen LogP contribution in [0.15, 0.2) is 36.7 Å². The van der Waals surface area contributed by atoms with Gasteiger partial charge in [-0.05, 0) is 12.1 Å². The highest BCUT2D eigenvalue weighted by atomic mass is 16.5. The van der Waals surface area contributed by atoms with Crippen LogP contribution in [0, 0.1) is 0 Å². The number of nitrogens with two attached hydrogens (primary N) is 1. The molecule has 3 aromatic rings. The molecule has 1 fully saturated rings. The zero-order valence-corrected chi connectivity index (χ0v) is 13.6. The number of nitrogens with zero attached hydrogens (tertiary/aromatic N) is 5. The van der Waals surface area contributed by atoms with E-state index in [0.29, 0.717) is 18.1 Å². The van der Waals surface area contributed by atoms with Gasteiger partial charge in [0.2, 0.25) is 0 Å². The van der Waals surface area contributed by atoms with Crippen LogP contribution in [-0.4, -0.2) is 44.1 Å². The molecule has 1 aliphatic rings. The first-order valence-electron chi connectivity index (χ1n) is 8.03. The minimum atomic E-state index is -0.151. The summed E-state index contributed by atoms with van der Waals surface area (Å²) < 4.78 is 8.00. The largest absolute Gasteiger partial charge is 0.382 e. The summed E-state index contributed by atoms with van der Waals surface area (Å²) in [5.41, 5.74) is 8.83. The molecule has 3 heterocycles. The van der Waals surface area contributed by atoms with E-state index in [1.54, 1.807) is 12.4 Å². The lowest BCUT2D eigenvalue weighted by molar-refractivity contribution is -0.0356. The van der Waals surface area contributed by atoms with Crippen molar-refractivity contribution in [1.29, 1.82) is 0 Å². The van der Waals surface area contributed by atoms with Crippen LogP contribution < -0.4 is 5.73 Å². The molecule has 0 aliphatic carbocycles. The lowest BCUT2D eigenvalue weighted by Crippen LogP contribution is -2.39.